The van der Waals surface area contributed by atoms with E-state index in [2.05, 4.69) is 20.4 Å². The van der Waals surface area contributed by atoms with Crippen molar-refractivity contribution in [1.82, 2.24) is 19.7 Å². The standard InChI is InChI=1S/C20H16FN5O2.ClH/c1-11-17-18(26(2)25-11)20(22-14-7-8-15-16(9-14)28-10-27-15)24-19(23-17)12-3-5-13(21)6-4-12;/h3-9H,10H2,1-2H3,(H,22,23,24);1H. The van der Waals surface area contributed by atoms with Crippen LogP contribution in [0.15, 0.2) is 42.5 Å². The van der Waals surface area contributed by atoms with Crippen LogP contribution < -0.4 is 14.8 Å². The molecule has 0 fully saturated rings. The molecule has 1 aliphatic rings. The van der Waals surface area contributed by atoms with Crippen LogP contribution in [0.1, 0.15) is 5.69 Å². The van der Waals surface area contributed by atoms with Gasteiger partial charge in [-0.2, -0.15) is 5.10 Å². The van der Waals surface area contributed by atoms with Crippen LogP contribution in [0.3, 0.4) is 0 Å². The van der Waals surface area contributed by atoms with E-state index in [9.17, 15) is 4.39 Å². The van der Waals surface area contributed by atoms with Gasteiger partial charge in [0.1, 0.15) is 16.9 Å². The number of aromatic nitrogens is 4. The van der Waals surface area contributed by atoms with Gasteiger partial charge in [-0.25, -0.2) is 14.4 Å². The van der Waals surface area contributed by atoms with Crippen LogP contribution in [0.25, 0.3) is 22.4 Å². The maximum atomic E-state index is 13.3. The van der Waals surface area contributed by atoms with Gasteiger partial charge >= 0.3 is 0 Å². The van der Waals surface area contributed by atoms with E-state index in [-0.39, 0.29) is 25.0 Å². The van der Waals surface area contributed by atoms with Crippen molar-refractivity contribution in [1.29, 1.82) is 0 Å². The van der Waals surface area contributed by atoms with Gasteiger partial charge in [0.25, 0.3) is 0 Å². The van der Waals surface area contributed by atoms with Crippen molar-refractivity contribution >= 4 is 34.9 Å². The Bertz CT molecular complexity index is 1210. The van der Waals surface area contributed by atoms with E-state index in [1.54, 1.807) is 16.8 Å². The molecule has 0 spiro atoms. The molecular formula is C20H17ClFN5O2. The maximum Gasteiger partial charge on any atom is 0.231 e. The van der Waals surface area contributed by atoms with Crippen molar-refractivity contribution in [2.45, 2.75) is 6.92 Å². The number of halogens is 2. The lowest BCUT2D eigenvalue weighted by molar-refractivity contribution is 0.174. The maximum absolute atomic E-state index is 13.3. The zero-order valence-corrected chi connectivity index (χ0v) is 16.5. The number of aryl methyl sites for hydroxylation is 2. The number of benzene rings is 2. The molecule has 0 saturated heterocycles. The van der Waals surface area contributed by atoms with Gasteiger partial charge in [0.15, 0.2) is 23.1 Å². The van der Waals surface area contributed by atoms with Gasteiger partial charge in [0.2, 0.25) is 6.79 Å². The molecule has 2 aromatic carbocycles. The van der Waals surface area contributed by atoms with Gasteiger partial charge in [-0.15, -0.1) is 12.4 Å². The molecule has 5 rings (SSSR count). The first-order valence-electron chi connectivity index (χ1n) is 8.72. The van der Waals surface area contributed by atoms with Crippen molar-refractivity contribution in [3.05, 3.63) is 54.0 Å². The molecule has 0 bridgehead atoms. The highest BCUT2D eigenvalue weighted by Gasteiger charge is 2.18. The smallest absolute Gasteiger partial charge is 0.231 e. The normalized spacial score (nSPS) is 12.1. The van der Waals surface area contributed by atoms with Crippen LogP contribution in [0.4, 0.5) is 15.9 Å². The molecule has 0 unspecified atom stereocenters. The summed E-state index contributed by atoms with van der Waals surface area (Å²) in [4.78, 5) is 9.34. The summed E-state index contributed by atoms with van der Waals surface area (Å²) in [5, 5.41) is 7.80. The van der Waals surface area contributed by atoms with E-state index in [1.165, 1.54) is 12.1 Å². The lowest BCUT2D eigenvalue weighted by Gasteiger charge is -2.11. The zero-order chi connectivity index (χ0) is 19.3. The Morgan fingerprint density at radius 2 is 1.79 bits per heavy atom. The summed E-state index contributed by atoms with van der Waals surface area (Å²) in [5.74, 6) is 2.18. The van der Waals surface area contributed by atoms with Crippen LogP contribution in [0.5, 0.6) is 11.5 Å². The fourth-order valence-electron chi connectivity index (χ4n) is 3.26. The number of nitrogens with zero attached hydrogens (tertiary/aromatic N) is 4. The van der Waals surface area contributed by atoms with E-state index in [4.69, 9.17) is 9.47 Å². The van der Waals surface area contributed by atoms with E-state index >= 15 is 0 Å². The summed E-state index contributed by atoms with van der Waals surface area (Å²) in [7, 11) is 1.85. The Labute approximate surface area is 171 Å². The zero-order valence-electron chi connectivity index (χ0n) is 15.6. The van der Waals surface area contributed by atoms with E-state index in [1.807, 2.05) is 32.2 Å². The Hall–Kier alpha value is -3.39. The predicted molar refractivity (Wildman–Crippen MR) is 110 cm³/mol. The molecule has 1 N–H and O–H groups in total. The number of nitrogens with one attached hydrogen (secondary N) is 1. The number of hydrogen-bond acceptors (Lipinski definition) is 6. The first kappa shape index (κ1) is 18.9. The fourth-order valence-corrected chi connectivity index (χ4v) is 3.26. The molecule has 1 aliphatic heterocycles. The van der Waals surface area contributed by atoms with Crippen molar-refractivity contribution in [3.8, 4) is 22.9 Å². The van der Waals surface area contributed by atoms with E-state index in [0.717, 1.165) is 28.0 Å². The predicted octanol–water partition coefficient (Wildman–Crippen LogP) is 4.37. The third-order valence-corrected chi connectivity index (χ3v) is 4.59. The molecule has 0 radical (unpaired) electrons. The molecule has 0 aliphatic carbocycles. The number of fused-ring (bicyclic) bond motifs is 2. The van der Waals surface area contributed by atoms with Crippen LogP contribution in [0.2, 0.25) is 0 Å². The lowest BCUT2D eigenvalue weighted by Crippen LogP contribution is -2.02. The van der Waals surface area contributed by atoms with Crippen LogP contribution >= 0.6 is 12.4 Å². The summed E-state index contributed by atoms with van der Waals surface area (Å²) < 4.78 is 25.9. The summed E-state index contributed by atoms with van der Waals surface area (Å²) in [6, 6.07) is 11.7. The molecule has 4 aromatic rings. The van der Waals surface area contributed by atoms with Gasteiger partial charge in [0, 0.05) is 24.4 Å². The fraction of sp³-hybridized carbons (Fsp3) is 0.150. The van der Waals surface area contributed by atoms with Gasteiger partial charge < -0.3 is 14.8 Å². The van der Waals surface area contributed by atoms with Gasteiger partial charge in [0.05, 0.1) is 5.69 Å². The van der Waals surface area contributed by atoms with Gasteiger partial charge in [-0.3, -0.25) is 4.68 Å². The van der Waals surface area contributed by atoms with E-state index in [0.29, 0.717) is 23.1 Å². The first-order chi connectivity index (χ1) is 13.6. The Balaban J connectivity index is 0.00000205. The number of rotatable bonds is 3. The molecule has 2 aromatic heterocycles. The Kier molecular flexibility index (Phi) is 4.71. The molecule has 0 atom stereocenters. The summed E-state index contributed by atoms with van der Waals surface area (Å²) in [6.45, 7) is 2.11. The largest absolute Gasteiger partial charge is 0.454 e. The second kappa shape index (κ2) is 7.21. The second-order valence-electron chi connectivity index (χ2n) is 6.50. The monoisotopic (exact) mass is 413 g/mol. The minimum atomic E-state index is -0.305. The average Bonchev–Trinajstić information content (AvgIpc) is 3.26. The van der Waals surface area contributed by atoms with Crippen LogP contribution in [-0.4, -0.2) is 26.5 Å². The average molecular weight is 414 g/mol. The van der Waals surface area contributed by atoms with Crippen LogP contribution in [-0.2, 0) is 7.05 Å². The second-order valence-corrected chi connectivity index (χ2v) is 6.50. The Morgan fingerprint density at radius 1 is 1.03 bits per heavy atom. The molecular weight excluding hydrogens is 397 g/mol. The minimum Gasteiger partial charge on any atom is -0.454 e. The van der Waals surface area contributed by atoms with Crippen molar-refractivity contribution in [3.63, 3.8) is 0 Å². The lowest BCUT2D eigenvalue weighted by atomic mass is 10.2. The molecule has 0 amide bonds. The van der Waals surface area contributed by atoms with Crippen LogP contribution in [0, 0.1) is 12.7 Å². The Morgan fingerprint density at radius 3 is 2.59 bits per heavy atom. The van der Waals surface area contributed by atoms with Gasteiger partial charge in [-0.05, 0) is 43.3 Å². The van der Waals surface area contributed by atoms with Gasteiger partial charge in [-0.1, -0.05) is 0 Å². The van der Waals surface area contributed by atoms with Crippen molar-refractivity contribution < 1.29 is 13.9 Å². The third-order valence-electron chi connectivity index (χ3n) is 4.59. The summed E-state index contributed by atoms with van der Waals surface area (Å²) in [5.41, 5.74) is 3.83. The van der Waals surface area contributed by atoms with Crippen molar-refractivity contribution in [2.75, 3.05) is 12.1 Å². The molecule has 0 saturated carbocycles. The summed E-state index contributed by atoms with van der Waals surface area (Å²) >= 11 is 0. The summed E-state index contributed by atoms with van der Waals surface area (Å²) in [6.07, 6.45) is 0. The molecule has 3 heterocycles. The molecule has 7 nitrogen and oxygen atoms in total. The topological polar surface area (TPSA) is 74.1 Å². The number of hydrogen-bond donors (Lipinski definition) is 1. The van der Waals surface area contributed by atoms with Crippen molar-refractivity contribution in [2.24, 2.45) is 7.05 Å². The molecule has 148 valence electrons. The highest BCUT2D eigenvalue weighted by molar-refractivity contribution is 5.91. The van der Waals surface area contributed by atoms with E-state index < -0.39 is 0 Å². The highest BCUT2D eigenvalue weighted by Crippen LogP contribution is 2.36. The third kappa shape index (κ3) is 3.31. The number of ether oxygens (including phenoxy) is 2. The number of anilines is 2. The minimum absolute atomic E-state index is 0. The molecule has 9 heteroatoms. The molecule has 29 heavy (non-hydrogen) atoms. The highest BCUT2D eigenvalue weighted by atomic mass is 35.5. The quantitative estimate of drug-likeness (QED) is 0.537. The first-order valence-corrected chi connectivity index (χ1v) is 8.72. The SMILES string of the molecule is Cc1nn(C)c2c(Nc3ccc4c(c3)OCO4)nc(-c3ccc(F)cc3)nc12.Cl.